The normalized spacial score (nSPS) is 26.7. The topological polar surface area (TPSA) is 52.6 Å². The molecule has 0 aromatic heterocycles. The van der Waals surface area contributed by atoms with Crippen LogP contribution in [0.2, 0.25) is 0 Å². The van der Waals surface area contributed by atoms with E-state index in [2.05, 4.69) is 10.2 Å². The van der Waals surface area contributed by atoms with E-state index in [9.17, 15) is 4.79 Å². The molecule has 0 spiro atoms. The van der Waals surface area contributed by atoms with Gasteiger partial charge in [0.15, 0.2) is 0 Å². The third kappa shape index (κ3) is 4.28. The molecule has 98 valence electrons. The summed E-state index contributed by atoms with van der Waals surface area (Å²) < 4.78 is 0. The van der Waals surface area contributed by atoms with Gasteiger partial charge in [-0.15, -0.1) is 0 Å². The molecule has 4 heteroatoms. The van der Waals surface area contributed by atoms with E-state index >= 15 is 0 Å². The average molecular weight is 240 g/mol. The molecule has 4 nitrogen and oxygen atoms in total. The van der Waals surface area contributed by atoms with Crippen molar-refractivity contribution in [2.75, 3.05) is 26.2 Å². The molecule has 0 aromatic carbocycles. The first-order chi connectivity index (χ1) is 8.24. The van der Waals surface area contributed by atoms with Crippen LogP contribution in [0.1, 0.15) is 38.5 Å². The summed E-state index contributed by atoms with van der Waals surface area (Å²) in [5.74, 6) is 0.214. The monoisotopic (exact) mass is 240 g/mol. The van der Waals surface area contributed by atoms with E-state index in [4.69, 9.17) is 5.11 Å². The molecule has 17 heavy (non-hydrogen) atoms. The predicted molar refractivity (Wildman–Crippen MR) is 67.1 cm³/mol. The summed E-state index contributed by atoms with van der Waals surface area (Å²) in [4.78, 5) is 13.0. The van der Waals surface area contributed by atoms with Gasteiger partial charge >= 0.3 is 5.97 Å². The Balaban J connectivity index is 1.59. The quantitative estimate of drug-likeness (QED) is 0.735. The summed E-state index contributed by atoms with van der Waals surface area (Å²) >= 11 is 0. The summed E-state index contributed by atoms with van der Waals surface area (Å²) in [6.07, 6.45) is 7.06. The molecular formula is C13H24N2O2. The lowest BCUT2D eigenvalue weighted by atomic mass is 10.1. The van der Waals surface area contributed by atoms with Gasteiger partial charge in [0, 0.05) is 25.7 Å². The number of likely N-dealkylation sites (tertiary alicyclic amines) is 1. The average Bonchev–Trinajstić information content (AvgIpc) is 2.90. The zero-order valence-corrected chi connectivity index (χ0v) is 10.5. The molecule has 2 aliphatic rings. The zero-order chi connectivity index (χ0) is 12.1. The fraction of sp³-hybridized carbons (Fsp3) is 0.923. The smallest absolute Gasteiger partial charge is 0.304 e. The van der Waals surface area contributed by atoms with Gasteiger partial charge in [-0.1, -0.05) is 12.8 Å². The van der Waals surface area contributed by atoms with E-state index in [0.29, 0.717) is 12.6 Å². The highest BCUT2D eigenvalue weighted by atomic mass is 16.4. The van der Waals surface area contributed by atoms with Crippen molar-refractivity contribution in [3.8, 4) is 0 Å². The van der Waals surface area contributed by atoms with E-state index < -0.39 is 5.97 Å². The van der Waals surface area contributed by atoms with E-state index in [1.165, 1.54) is 45.2 Å². The Bertz CT molecular complexity index is 252. The predicted octanol–water partition coefficient (Wildman–Crippen LogP) is 1.32. The van der Waals surface area contributed by atoms with Crippen molar-refractivity contribution < 1.29 is 9.90 Å². The number of nitrogens with one attached hydrogen (secondary N) is 1. The Morgan fingerprint density at radius 2 is 2.06 bits per heavy atom. The van der Waals surface area contributed by atoms with Crippen LogP contribution in [-0.2, 0) is 4.79 Å². The lowest BCUT2D eigenvalue weighted by Crippen LogP contribution is -2.35. The van der Waals surface area contributed by atoms with Gasteiger partial charge in [-0.25, -0.2) is 0 Å². The summed E-state index contributed by atoms with van der Waals surface area (Å²) in [6, 6.07) is 0.510. The first-order valence-corrected chi connectivity index (χ1v) is 6.91. The summed E-state index contributed by atoms with van der Waals surface area (Å²) in [7, 11) is 0. The van der Waals surface area contributed by atoms with Gasteiger partial charge in [0.25, 0.3) is 0 Å². The van der Waals surface area contributed by atoms with Crippen LogP contribution in [0.3, 0.4) is 0 Å². The molecule has 0 amide bonds. The van der Waals surface area contributed by atoms with Gasteiger partial charge in [-0.3, -0.25) is 4.79 Å². The van der Waals surface area contributed by atoms with Gasteiger partial charge in [0.2, 0.25) is 0 Å². The van der Waals surface area contributed by atoms with Crippen LogP contribution in [0.15, 0.2) is 0 Å². The Kier molecular flexibility index (Phi) is 4.80. The minimum Gasteiger partial charge on any atom is -0.481 e. The number of nitrogens with zero attached hydrogens (tertiary/aromatic N) is 1. The number of hydrogen-bond acceptors (Lipinski definition) is 3. The maximum atomic E-state index is 10.4. The lowest BCUT2D eigenvalue weighted by Gasteiger charge is -2.20. The summed E-state index contributed by atoms with van der Waals surface area (Å²) in [5, 5.41) is 11.9. The largest absolute Gasteiger partial charge is 0.481 e. The molecule has 1 aliphatic heterocycles. The molecule has 0 bridgehead atoms. The Morgan fingerprint density at radius 3 is 2.76 bits per heavy atom. The second kappa shape index (κ2) is 6.36. The highest BCUT2D eigenvalue weighted by molar-refractivity contribution is 5.66. The van der Waals surface area contributed by atoms with Crippen molar-refractivity contribution in [2.45, 2.75) is 44.6 Å². The van der Waals surface area contributed by atoms with Crippen LogP contribution >= 0.6 is 0 Å². The molecule has 1 saturated carbocycles. The van der Waals surface area contributed by atoms with Gasteiger partial charge < -0.3 is 15.3 Å². The third-order valence-corrected chi connectivity index (χ3v) is 4.04. The molecule has 1 unspecified atom stereocenters. The number of hydrogen-bond donors (Lipinski definition) is 2. The van der Waals surface area contributed by atoms with E-state index in [1.807, 2.05) is 0 Å². The fourth-order valence-electron chi connectivity index (χ4n) is 3.11. The minimum atomic E-state index is -0.710. The second-order valence-electron chi connectivity index (χ2n) is 5.49. The molecule has 2 rings (SSSR count). The van der Waals surface area contributed by atoms with Crippen molar-refractivity contribution in [3.63, 3.8) is 0 Å². The van der Waals surface area contributed by atoms with E-state index in [-0.39, 0.29) is 6.42 Å². The molecule has 0 radical (unpaired) electrons. The molecule has 1 heterocycles. The first kappa shape index (κ1) is 12.8. The maximum absolute atomic E-state index is 10.4. The number of carbonyl (C=O) groups is 1. The van der Waals surface area contributed by atoms with Crippen LogP contribution in [0.4, 0.5) is 0 Å². The number of rotatable bonds is 6. The van der Waals surface area contributed by atoms with Crippen molar-refractivity contribution in [3.05, 3.63) is 0 Å². The molecule has 1 saturated heterocycles. The summed E-state index contributed by atoms with van der Waals surface area (Å²) in [5.41, 5.74) is 0. The molecule has 1 aliphatic carbocycles. The fourth-order valence-corrected chi connectivity index (χ4v) is 3.11. The third-order valence-electron chi connectivity index (χ3n) is 4.04. The van der Waals surface area contributed by atoms with Crippen LogP contribution in [0, 0.1) is 5.92 Å². The van der Waals surface area contributed by atoms with Crippen LogP contribution in [0.25, 0.3) is 0 Å². The van der Waals surface area contributed by atoms with E-state index in [0.717, 1.165) is 12.5 Å². The number of carboxylic acids is 1. The molecule has 2 fully saturated rings. The van der Waals surface area contributed by atoms with Crippen molar-refractivity contribution in [1.29, 1.82) is 0 Å². The SMILES string of the molecule is O=C(O)CCNC1CCN(CC2CCCC2)C1. The minimum absolute atomic E-state index is 0.235. The first-order valence-electron chi connectivity index (χ1n) is 6.91. The van der Waals surface area contributed by atoms with Crippen LogP contribution < -0.4 is 5.32 Å². The zero-order valence-electron chi connectivity index (χ0n) is 10.5. The second-order valence-corrected chi connectivity index (χ2v) is 5.49. The molecule has 2 N–H and O–H groups in total. The Labute approximate surface area is 103 Å². The number of aliphatic carboxylic acids is 1. The lowest BCUT2D eigenvalue weighted by molar-refractivity contribution is -0.136. The molecular weight excluding hydrogens is 216 g/mol. The highest BCUT2D eigenvalue weighted by Gasteiger charge is 2.25. The van der Waals surface area contributed by atoms with Gasteiger partial charge in [0.1, 0.15) is 0 Å². The van der Waals surface area contributed by atoms with E-state index in [1.54, 1.807) is 0 Å². The van der Waals surface area contributed by atoms with Crippen molar-refractivity contribution in [1.82, 2.24) is 10.2 Å². The van der Waals surface area contributed by atoms with Crippen molar-refractivity contribution in [2.24, 2.45) is 5.92 Å². The Morgan fingerprint density at radius 1 is 1.29 bits per heavy atom. The standard InChI is InChI=1S/C13H24N2O2/c16-13(17)5-7-14-12-6-8-15(10-12)9-11-3-1-2-4-11/h11-12,14H,1-10H2,(H,16,17). The Hall–Kier alpha value is -0.610. The van der Waals surface area contributed by atoms with Gasteiger partial charge in [-0.2, -0.15) is 0 Å². The summed E-state index contributed by atoms with van der Waals surface area (Å²) in [6.45, 7) is 4.16. The highest BCUT2D eigenvalue weighted by Crippen LogP contribution is 2.26. The number of carboxylic acid groups (broad SMARTS) is 1. The van der Waals surface area contributed by atoms with Crippen LogP contribution in [-0.4, -0.2) is 48.2 Å². The maximum Gasteiger partial charge on any atom is 0.304 e. The van der Waals surface area contributed by atoms with Crippen molar-refractivity contribution >= 4 is 5.97 Å². The van der Waals surface area contributed by atoms with Gasteiger partial charge in [-0.05, 0) is 31.7 Å². The van der Waals surface area contributed by atoms with Gasteiger partial charge in [0.05, 0.1) is 6.42 Å². The molecule has 0 aromatic rings. The van der Waals surface area contributed by atoms with Crippen LogP contribution in [0.5, 0.6) is 0 Å². The molecule has 1 atom stereocenters.